The van der Waals surface area contributed by atoms with Crippen LogP contribution in [0.3, 0.4) is 0 Å². The molecule has 2 aromatic rings. The van der Waals surface area contributed by atoms with Gasteiger partial charge in [-0.25, -0.2) is 4.98 Å². The molecule has 1 unspecified atom stereocenters. The van der Waals surface area contributed by atoms with Gasteiger partial charge >= 0.3 is 5.97 Å². The fourth-order valence-corrected chi connectivity index (χ4v) is 2.73. The van der Waals surface area contributed by atoms with Gasteiger partial charge in [0.15, 0.2) is 0 Å². The van der Waals surface area contributed by atoms with Gasteiger partial charge in [-0.1, -0.05) is 38.1 Å². The second kappa shape index (κ2) is 5.53. The molecule has 3 nitrogen and oxygen atoms in total. The molecule has 1 heterocycles. The van der Waals surface area contributed by atoms with Gasteiger partial charge < -0.3 is 5.11 Å². The van der Waals surface area contributed by atoms with E-state index in [1.165, 1.54) is 0 Å². The third kappa shape index (κ3) is 3.01. The lowest BCUT2D eigenvalue weighted by Gasteiger charge is -2.06. The number of carbonyl (C=O) groups is 1. The van der Waals surface area contributed by atoms with Gasteiger partial charge in [0.25, 0.3) is 0 Å². The molecule has 1 aromatic carbocycles. The van der Waals surface area contributed by atoms with Crippen LogP contribution in [0.1, 0.15) is 43.9 Å². The SMILES string of the molecule is CC(C)c1csc(-c2ccc(C(C)C(=O)O)cc2)n1. The van der Waals surface area contributed by atoms with Crippen molar-refractivity contribution in [3.8, 4) is 10.6 Å². The summed E-state index contributed by atoms with van der Waals surface area (Å²) in [4.78, 5) is 15.5. The molecule has 0 aliphatic rings. The van der Waals surface area contributed by atoms with Crippen LogP contribution in [0, 0.1) is 0 Å². The minimum absolute atomic E-state index is 0.427. The van der Waals surface area contributed by atoms with Crippen LogP contribution in [0.5, 0.6) is 0 Å². The van der Waals surface area contributed by atoms with Crippen molar-refractivity contribution in [2.24, 2.45) is 0 Å². The Balaban J connectivity index is 2.24. The van der Waals surface area contributed by atoms with Crippen molar-refractivity contribution in [2.75, 3.05) is 0 Å². The fraction of sp³-hybridized carbons (Fsp3) is 0.333. The van der Waals surface area contributed by atoms with Crippen molar-refractivity contribution in [3.63, 3.8) is 0 Å². The quantitative estimate of drug-likeness (QED) is 0.913. The molecule has 19 heavy (non-hydrogen) atoms. The van der Waals surface area contributed by atoms with E-state index in [1.54, 1.807) is 18.3 Å². The van der Waals surface area contributed by atoms with E-state index in [0.29, 0.717) is 5.92 Å². The Labute approximate surface area is 116 Å². The Hall–Kier alpha value is -1.68. The fourth-order valence-electron chi connectivity index (χ4n) is 1.74. The van der Waals surface area contributed by atoms with E-state index in [1.807, 2.05) is 24.3 Å². The molecule has 1 aromatic heterocycles. The molecule has 1 atom stereocenters. The second-order valence-corrected chi connectivity index (χ2v) is 5.77. The summed E-state index contributed by atoms with van der Waals surface area (Å²) in [6.07, 6.45) is 0. The Morgan fingerprint density at radius 1 is 1.21 bits per heavy atom. The summed E-state index contributed by atoms with van der Waals surface area (Å²) < 4.78 is 0. The maximum atomic E-state index is 10.9. The summed E-state index contributed by atoms with van der Waals surface area (Å²) in [5, 5.41) is 12.0. The second-order valence-electron chi connectivity index (χ2n) is 4.91. The molecule has 2 rings (SSSR count). The average Bonchev–Trinajstić information content (AvgIpc) is 2.87. The highest BCUT2D eigenvalue weighted by Gasteiger charge is 2.14. The van der Waals surface area contributed by atoms with Gasteiger partial charge in [-0.2, -0.15) is 0 Å². The number of nitrogens with zero attached hydrogens (tertiary/aromatic N) is 1. The molecule has 4 heteroatoms. The molecule has 0 saturated heterocycles. The van der Waals surface area contributed by atoms with Gasteiger partial charge in [-0.05, 0) is 18.4 Å². The standard InChI is InChI=1S/C15H17NO2S/c1-9(2)13-8-19-14(16-13)12-6-4-11(5-7-12)10(3)15(17)18/h4-10H,1-3H3,(H,17,18). The van der Waals surface area contributed by atoms with Gasteiger partial charge in [0.1, 0.15) is 5.01 Å². The van der Waals surface area contributed by atoms with Crippen LogP contribution in [0.2, 0.25) is 0 Å². The van der Waals surface area contributed by atoms with Gasteiger partial charge in [0.2, 0.25) is 0 Å². The van der Waals surface area contributed by atoms with Crippen LogP contribution in [-0.4, -0.2) is 16.1 Å². The Bertz CT molecular complexity index is 572. The molecule has 0 amide bonds. The first-order valence-corrected chi connectivity index (χ1v) is 7.15. The van der Waals surface area contributed by atoms with E-state index < -0.39 is 11.9 Å². The maximum Gasteiger partial charge on any atom is 0.310 e. The predicted molar refractivity (Wildman–Crippen MR) is 77.7 cm³/mol. The molecular weight excluding hydrogens is 258 g/mol. The lowest BCUT2D eigenvalue weighted by molar-refractivity contribution is -0.138. The van der Waals surface area contributed by atoms with E-state index in [0.717, 1.165) is 21.8 Å². The first-order chi connectivity index (χ1) is 8.99. The Morgan fingerprint density at radius 2 is 1.84 bits per heavy atom. The van der Waals surface area contributed by atoms with Crippen LogP contribution in [0.25, 0.3) is 10.6 Å². The molecule has 0 saturated carbocycles. The number of thiazole rings is 1. The van der Waals surface area contributed by atoms with Crippen molar-refractivity contribution in [1.82, 2.24) is 4.98 Å². The number of aromatic nitrogens is 1. The normalized spacial score (nSPS) is 12.6. The van der Waals surface area contributed by atoms with Crippen molar-refractivity contribution in [2.45, 2.75) is 32.6 Å². The van der Waals surface area contributed by atoms with Crippen LogP contribution in [-0.2, 0) is 4.79 Å². The number of aliphatic carboxylic acids is 1. The largest absolute Gasteiger partial charge is 0.481 e. The number of hydrogen-bond donors (Lipinski definition) is 1. The molecular formula is C15H17NO2S. The van der Waals surface area contributed by atoms with Crippen molar-refractivity contribution < 1.29 is 9.90 Å². The molecule has 100 valence electrons. The third-order valence-corrected chi connectivity index (χ3v) is 4.05. The van der Waals surface area contributed by atoms with Crippen molar-refractivity contribution in [1.29, 1.82) is 0 Å². The van der Waals surface area contributed by atoms with E-state index in [9.17, 15) is 4.79 Å². The number of carboxylic acids is 1. The average molecular weight is 275 g/mol. The van der Waals surface area contributed by atoms with Crippen LogP contribution < -0.4 is 0 Å². The zero-order valence-corrected chi connectivity index (χ0v) is 12.1. The zero-order chi connectivity index (χ0) is 14.0. The first kappa shape index (κ1) is 13.7. The number of hydrogen-bond acceptors (Lipinski definition) is 3. The van der Waals surface area contributed by atoms with Crippen LogP contribution >= 0.6 is 11.3 Å². The van der Waals surface area contributed by atoms with E-state index in [4.69, 9.17) is 5.11 Å². The monoisotopic (exact) mass is 275 g/mol. The summed E-state index contributed by atoms with van der Waals surface area (Å²) in [7, 11) is 0. The van der Waals surface area contributed by atoms with E-state index in [2.05, 4.69) is 24.2 Å². The lowest BCUT2D eigenvalue weighted by Crippen LogP contribution is -2.06. The molecule has 0 aliphatic carbocycles. The van der Waals surface area contributed by atoms with Crippen molar-refractivity contribution >= 4 is 17.3 Å². The molecule has 0 radical (unpaired) electrons. The summed E-state index contributed by atoms with van der Waals surface area (Å²) >= 11 is 1.62. The smallest absolute Gasteiger partial charge is 0.310 e. The highest BCUT2D eigenvalue weighted by atomic mass is 32.1. The Kier molecular flexibility index (Phi) is 4.00. The number of carboxylic acid groups (broad SMARTS) is 1. The van der Waals surface area contributed by atoms with Crippen LogP contribution in [0.4, 0.5) is 0 Å². The molecule has 0 spiro atoms. The van der Waals surface area contributed by atoms with Gasteiger partial charge in [-0.3, -0.25) is 4.79 Å². The Morgan fingerprint density at radius 3 is 2.32 bits per heavy atom. The molecule has 0 aliphatic heterocycles. The lowest BCUT2D eigenvalue weighted by atomic mass is 10.0. The zero-order valence-electron chi connectivity index (χ0n) is 11.3. The maximum absolute atomic E-state index is 10.9. The molecule has 1 N–H and O–H groups in total. The van der Waals surface area contributed by atoms with Gasteiger partial charge in [0.05, 0.1) is 11.6 Å². The predicted octanol–water partition coefficient (Wildman–Crippen LogP) is 4.12. The summed E-state index contributed by atoms with van der Waals surface area (Å²) in [6, 6.07) is 7.62. The van der Waals surface area contributed by atoms with E-state index >= 15 is 0 Å². The van der Waals surface area contributed by atoms with E-state index in [-0.39, 0.29) is 0 Å². The summed E-state index contributed by atoms with van der Waals surface area (Å²) in [5.74, 6) is -0.850. The third-order valence-electron chi connectivity index (χ3n) is 3.14. The highest BCUT2D eigenvalue weighted by molar-refractivity contribution is 7.13. The summed E-state index contributed by atoms with van der Waals surface area (Å²) in [6.45, 7) is 5.94. The number of rotatable bonds is 4. The van der Waals surface area contributed by atoms with Gasteiger partial charge in [0, 0.05) is 10.9 Å². The highest BCUT2D eigenvalue weighted by Crippen LogP contribution is 2.28. The minimum Gasteiger partial charge on any atom is -0.481 e. The number of benzene rings is 1. The molecule has 0 fully saturated rings. The molecule has 0 bridgehead atoms. The van der Waals surface area contributed by atoms with Crippen LogP contribution in [0.15, 0.2) is 29.6 Å². The van der Waals surface area contributed by atoms with Crippen molar-refractivity contribution in [3.05, 3.63) is 40.9 Å². The first-order valence-electron chi connectivity index (χ1n) is 6.27. The topological polar surface area (TPSA) is 50.2 Å². The summed E-state index contributed by atoms with van der Waals surface area (Å²) in [5.41, 5.74) is 2.96. The minimum atomic E-state index is -0.802. The van der Waals surface area contributed by atoms with Gasteiger partial charge in [-0.15, -0.1) is 11.3 Å².